The number of nitrogens with zero attached hydrogens (tertiary/aromatic N) is 3. The van der Waals surface area contributed by atoms with Crippen LogP contribution in [0.25, 0.3) is 0 Å². The maximum Gasteiger partial charge on any atom is 0.297 e. The van der Waals surface area contributed by atoms with Crippen molar-refractivity contribution < 1.29 is 0 Å². The molecule has 3 rings (SSSR count). The van der Waals surface area contributed by atoms with Gasteiger partial charge in [-0.05, 0) is 36.6 Å². The first kappa shape index (κ1) is 18.3. The van der Waals surface area contributed by atoms with E-state index in [4.69, 9.17) is 23.2 Å². The highest BCUT2D eigenvalue weighted by Crippen LogP contribution is 2.25. The maximum absolute atomic E-state index is 12.7. The van der Waals surface area contributed by atoms with Crippen molar-refractivity contribution in [2.45, 2.75) is 24.4 Å². The van der Waals surface area contributed by atoms with Crippen molar-refractivity contribution in [3.05, 3.63) is 61.0 Å². The average Bonchev–Trinajstić information content (AvgIpc) is 3.07. The van der Waals surface area contributed by atoms with E-state index in [1.807, 2.05) is 18.4 Å². The summed E-state index contributed by atoms with van der Waals surface area (Å²) in [7, 11) is 0. The smallest absolute Gasteiger partial charge is 0.297 e. The molecule has 25 heavy (non-hydrogen) atoms. The number of hydrogen-bond acceptors (Lipinski definition) is 6. The fourth-order valence-electron chi connectivity index (χ4n) is 2.16. The summed E-state index contributed by atoms with van der Waals surface area (Å²) < 4.78 is 1.60. The summed E-state index contributed by atoms with van der Waals surface area (Å²) in [6.45, 7) is 2.41. The maximum atomic E-state index is 12.7. The Morgan fingerprint density at radius 3 is 2.64 bits per heavy atom. The van der Waals surface area contributed by atoms with Gasteiger partial charge in [-0.25, -0.2) is 0 Å². The van der Waals surface area contributed by atoms with Crippen molar-refractivity contribution in [3.8, 4) is 0 Å². The lowest BCUT2D eigenvalue weighted by Crippen LogP contribution is -2.26. The SMILES string of the molecule is CCn1c(SCc2cccs2)nnc(Nc2cc(Cl)cc(Cl)c2)c1=O. The van der Waals surface area contributed by atoms with Crippen LogP contribution in [0.4, 0.5) is 11.5 Å². The van der Waals surface area contributed by atoms with E-state index in [1.165, 1.54) is 16.6 Å². The van der Waals surface area contributed by atoms with Crippen molar-refractivity contribution in [1.29, 1.82) is 0 Å². The summed E-state index contributed by atoms with van der Waals surface area (Å²) in [5.74, 6) is 0.892. The Morgan fingerprint density at radius 2 is 2.00 bits per heavy atom. The van der Waals surface area contributed by atoms with E-state index in [-0.39, 0.29) is 11.4 Å². The number of nitrogens with one attached hydrogen (secondary N) is 1. The van der Waals surface area contributed by atoms with Crippen LogP contribution < -0.4 is 10.9 Å². The van der Waals surface area contributed by atoms with E-state index in [2.05, 4.69) is 21.6 Å². The molecule has 3 aromatic rings. The van der Waals surface area contributed by atoms with Gasteiger partial charge in [0.05, 0.1) is 0 Å². The van der Waals surface area contributed by atoms with Crippen LogP contribution in [-0.4, -0.2) is 14.8 Å². The molecule has 1 N–H and O–H groups in total. The lowest BCUT2D eigenvalue weighted by Gasteiger charge is -2.11. The minimum absolute atomic E-state index is 0.139. The van der Waals surface area contributed by atoms with Gasteiger partial charge in [0, 0.05) is 32.9 Å². The van der Waals surface area contributed by atoms with E-state index in [9.17, 15) is 4.79 Å². The summed E-state index contributed by atoms with van der Waals surface area (Å²) in [5.41, 5.74) is 0.354. The van der Waals surface area contributed by atoms with Crippen LogP contribution in [0.3, 0.4) is 0 Å². The Bertz CT molecular complexity index is 908. The van der Waals surface area contributed by atoms with Crippen LogP contribution in [0.1, 0.15) is 11.8 Å². The molecule has 0 aliphatic heterocycles. The molecule has 0 unspecified atom stereocenters. The predicted octanol–water partition coefficient (Wildman–Crippen LogP) is 5.06. The van der Waals surface area contributed by atoms with E-state index < -0.39 is 0 Å². The Balaban J connectivity index is 1.85. The fraction of sp³-hybridized carbons (Fsp3) is 0.188. The van der Waals surface area contributed by atoms with Gasteiger partial charge in [0.25, 0.3) is 5.56 Å². The molecule has 0 saturated heterocycles. The van der Waals surface area contributed by atoms with Crippen LogP contribution >= 0.6 is 46.3 Å². The molecule has 2 aromatic heterocycles. The van der Waals surface area contributed by atoms with Gasteiger partial charge in [-0.1, -0.05) is 41.0 Å². The number of thiophene rings is 1. The zero-order chi connectivity index (χ0) is 17.8. The first-order valence-electron chi connectivity index (χ1n) is 7.42. The van der Waals surface area contributed by atoms with E-state index >= 15 is 0 Å². The number of aromatic nitrogens is 3. The highest BCUT2D eigenvalue weighted by atomic mass is 35.5. The summed E-state index contributed by atoms with van der Waals surface area (Å²) in [4.78, 5) is 13.9. The number of thioether (sulfide) groups is 1. The van der Waals surface area contributed by atoms with Gasteiger partial charge in [0.1, 0.15) is 0 Å². The summed E-state index contributed by atoms with van der Waals surface area (Å²) in [6, 6.07) is 9.02. The van der Waals surface area contributed by atoms with Gasteiger partial charge < -0.3 is 5.32 Å². The van der Waals surface area contributed by atoms with Gasteiger partial charge in [0.2, 0.25) is 5.82 Å². The molecule has 1 aromatic carbocycles. The largest absolute Gasteiger partial charge is 0.334 e. The van der Waals surface area contributed by atoms with Crippen molar-refractivity contribution >= 4 is 57.8 Å². The van der Waals surface area contributed by atoms with Gasteiger partial charge >= 0.3 is 0 Å². The molecule has 0 radical (unpaired) electrons. The summed E-state index contributed by atoms with van der Waals surface area (Å²) in [5, 5.41) is 14.8. The van der Waals surface area contributed by atoms with Crippen LogP contribution in [0.2, 0.25) is 10.0 Å². The first-order chi connectivity index (χ1) is 12.1. The third kappa shape index (κ3) is 4.55. The third-order valence-corrected chi connectivity index (χ3v) is 5.79. The number of benzene rings is 1. The third-order valence-electron chi connectivity index (χ3n) is 3.28. The fourth-order valence-corrected chi connectivity index (χ4v) is 4.46. The van der Waals surface area contributed by atoms with Crippen molar-refractivity contribution in [3.63, 3.8) is 0 Å². The zero-order valence-electron chi connectivity index (χ0n) is 13.2. The van der Waals surface area contributed by atoms with Crippen LogP contribution in [0.15, 0.2) is 45.7 Å². The minimum atomic E-state index is -0.234. The van der Waals surface area contributed by atoms with Crippen LogP contribution in [-0.2, 0) is 12.3 Å². The number of rotatable bonds is 6. The molecule has 0 amide bonds. The monoisotopic (exact) mass is 412 g/mol. The molecule has 130 valence electrons. The quantitative estimate of drug-likeness (QED) is 0.573. The molecule has 0 aliphatic rings. The van der Waals surface area contributed by atoms with Crippen molar-refractivity contribution in [1.82, 2.24) is 14.8 Å². The Labute approximate surface area is 163 Å². The van der Waals surface area contributed by atoms with Crippen LogP contribution in [0, 0.1) is 0 Å². The molecule has 2 heterocycles. The van der Waals surface area contributed by atoms with Gasteiger partial charge in [0.15, 0.2) is 5.16 Å². The topological polar surface area (TPSA) is 59.8 Å². The number of hydrogen-bond donors (Lipinski definition) is 1. The average molecular weight is 413 g/mol. The lowest BCUT2D eigenvalue weighted by molar-refractivity contribution is 0.597. The van der Waals surface area contributed by atoms with E-state index in [0.717, 1.165) is 5.75 Å². The van der Waals surface area contributed by atoms with Crippen LogP contribution in [0.5, 0.6) is 0 Å². The van der Waals surface area contributed by atoms with Crippen molar-refractivity contribution in [2.24, 2.45) is 0 Å². The molecule has 0 atom stereocenters. The van der Waals surface area contributed by atoms with Crippen molar-refractivity contribution in [2.75, 3.05) is 5.32 Å². The Kier molecular flexibility index (Phi) is 6.01. The van der Waals surface area contributed by atoms with E-state index in [0.29, 0.717) is 27.4 Å². The second-order valence-electron chi connectivity index (χ2n) is 5.03. The van der Waals surface area contributed by atoms with Gasteiger partial charge in [-0.15, -0.1) is 21.5 Å². The summed E-state index contributed by atoms with van der Waals surface area (Å²) >= 11 is 15.1. The molecular formula is C16H14Cl2N4OS2. The first-order valence-corrected chi connectivity index (χ1v) is 10.0. The van der Waals surface area contributed by atoms with E-state index in [1.54, 1.807) is 34.1 Å². The molecule has 0 fully saturated rings. The Hall–Kier alpha value is -1.54. The molecule has 0 spiro atoms. The molecule has 0 aliphatic carbocycles. The highest BCUT2D eigenvalue weighted by molar-refractivity contribution is 7.98. The minimum Gasteiger partial charge on any atom is -0.334 e. The second-order valence-corrected chi connectivity index (χ2v) is 7.88. The second kappa shape index (κ2) is 8.23. The zero-order valence-corrected chi connectivity index (χ0v) is 16.3. The predicted molar refractivity (Wildman–Crippen MR) is 106 cm³/mol. The highest BCUT2D eigenvalue weighted by Gasteiger charge is 2.12. The lowest BCUT2D eigenvalue weighted by atomic mass is 10.3. The van der Waals surface area contributed by atoms with Gasteiger partial charge in [-0.3, -0.25) is 9.36 Å². The number of halogens is 2. The molecule has 0 saturated carbocycles. The standard InChI is InChI=1S/C16H14Cl2N4OS2/c1-2-22-15(23)14(19-12-7-10(17)6-11(18)8-12)20-21-16(22)25-9-13-4-3-5-24-13/h3-8H,2,9H2,1H3,(H,19,20). The molecule has 9 heteroatoms. The normalized spacial score (nSPS) is 10.8. The van der Waals surface area contributed by atoms with Gasteiger partial charge in [-0.2, -0.15) is 0 Å². The molecule has 5 nitrogen and oxygen atoms in total. The molecule has 0 bridgehead atoms. The molecular weight excluding hydrogens is 399 g/mol. The summed E-state index contributed by atoms with van der Waals surface area (Å²) in [6.07, 6.45) is 0. The number of anilines is 2. The Morgan fingerprint density at radius 1 is 1.24 bits per heavy atom.